The molecule has 0 amide bonds. The smallest absolute Gasteiger partial charge is 0.0670 e. The molecule has 9 atom stereocenters. The van der Waals surface area contributed by atoms with Gasteiger partial charge in [-0.1, -0.05) is 36.7 Å². The topological polar surface area (TPSA) is 40.5 Å². The first-order valence-corrected chi connectivity index (χ1v) is 12.1. The lowest BCUT2D eigenvalue weighted by atomic mass is 9.39. The van der Waals surface area contributed by atoms with Crippen LogP contribution in [-0.2, 0) is 0 Å². The van der Waals surface area contributed by atoms with Gasteiger partial charge >= 0.3 is 0 Å². The summed E-state index contributed by atoms with van der Waals surface area (Å²) in [5, 5.41) is 22.1. The zero-order valence-corrected chi connectivity index (χ0v) is 18.8. The van der Waals surface area contributed by atoms with E-state index in [2.05, 4.69) is 43.6 Å². The van der Waals surface area contributed by atoms with Crippen LogP contribution < -0.4 is 0 Å². The lowest BCUT2D eigenvalue weighted by Gasteiger charge is -2.66. The minimum absolute atomic E-state index is 0.184. The number of alkyl halides is 1. The molecule has 0 radical (unpaired) electrons. The molecule has 1 unspecified atom stereocenters. The molecule has 0 heterocycles. The van der Waals surface area contributed by atoms with Crippen molar-refractivity contribution in [2.24, 2.45) is 39.9 Å². The summed E-state index contributed by atoms with van der Waals surface area (Å²) in [6.45, 7) is 9.61. The van der Waals surface area contributed by atoms with Crippen LogP contribution in [0.2, 0.25) is 0 Å². The summed E-state index contributed by atoms with van der Waals surface area (Å²) in [6.07, 6.45) is 10.7. The molecule has 0 aliphatic heterocycles. The van der Waals surface area contributed by atoms with E-state index in [0.29, 0.717) is 16.7 Å². The number of hydrogen-bond acceptors (Lipinski definition) is 2. The Morgan fingerprint density at radius 1 is 0.923 bits per heavy atom. The van der Waals surface area contributed by atoms with Crippen molar-refractivity contribution in [2.45, 2.75) is 97.2 Å². The molecule has 2 N–H and O–H groups in total. The molecule has 0 aromatic carbocycles. The SMILES string of the molecule is C[C@@]1(O)CC[C@]2(C)[C@H]3CC[C@]4(C)[C@@H](C(O)CBr)CC[C@H]4[C@@H]3CC[C@@]2(C)C1. The Labute approximate surface area is 168 Å². The maximum atomic E-state index is 10.8. The van der Waals surface area contributed by atoms with Crippen LogP contribution >= 0.6 is 15.9 Å². The van der Waals surface area contributed by atoms with Gasteiger partial charge < -0.3 is 10.2 Å². The fourth-order valence-electron chi connectivity index (χ4n) is 8.72. The van der Waals surface area contributed by atoms with Gasteiger partial charge in [-0.25, -0.2) is 0 Å². The third-order valence-electron chi connectivity index (χ3n) is 10.3. The van der Waals surface area contributed by atoms with Gasteiger partial charge in [0.15, 0.2) is 0 Å². The van der Waals surface area contributed by atoms with Gasteiger partial charge in [0, 0.05) is 5.33 Å². The lowest BCUT2D eigenvalue weighted by molar-refractivity contribution is -0.190. The number of fused-ring (bicyclic) bond motifs is 5. The molecule has 2 nitrogen and oxygen atoms in total. The van der Waals surface area contributed by atoms with E-state index in [0.717, 1.165) is 35.9 Å². The van der Waals surface area contributed by atoms with Gasteiger partial charge in [-0.2, -0.15) is 0 Å². The molecule has 0 saturated heterocycles. The van der Waals surface area contributed by atoms with Gasteiger partial charge in [-0.05, 0) is 105 Å². The first-order chi connectivity index (χ1) is 12.1. The summed E-state index contributed by atoms with van der Waals surface area (Å²) in [7, 11) is 0. The molecule has 4 fully saturated rings. The van der Waals surface area contributed by atoms with Gasteiger partial charge in [0.2, 0.25) is 0 Å². The second kappa shape index (κ2) is 6.20. The normalized spacial score (nSPS) is 57.8. The number of aliphatic hydroxyl groups is 2. The zero-order chi connectivity index (χ0) is 19.0. The minimum atomic E-state index is -0.470. The van der Waals surface area contributed by atoms with E-state index in [1.807, 2.05) is 0 Å². The highest BCUT2D eigenvalue weighted by atomic mass is 79.9. The lowest BCUT2D eigenvalue weighted by Crippen LogP contribution is -2.60. The summed E-state index contributed by atoms with van der Waals surface area (Å²) in [5.41, 5.74) is 0.532. The Morgan fingerprint density at radius 3 is 2.35 bits per heavy atom. The van der Waals surface area contributed by atoms with E-state index < -0.39 is 5.60 Å². The fourth-order valence-corrected chi connectivity index (χ4v) is 9.17. The van der Waals surface area contributed by atoms with Gasteiger partial charge in [0.25, 0.3) is 0 Å². The predicted octanol–water partition coefficient (Wildman–Crippen LogP) is 5.54. The van der Waals surface area contributed by atoms with Gasteiger partial charge in [-0.3, -0.25) is 0 Å². The molecule has 0 spiro atoms. The molecular formula is C23H39BrO2. The number of aliphatic hydroxyl groups excluding tert-OH is 1. The molecule has 26 heavy (non-hydrogen) atoms. The summed E-state index contributed by atoms with van der Waals surface area (Å²) < 4.78 is 0. The molecule has 4 saturated carbocycles. The molecule has 3 heteroatoms. The third-order valence-corrected chi connectivity index (χ3v) is 11.0. The Kier molecular flexibility index (Phi) is 4.70. The molecule has 0 bridgehead atoms. The van der Waals surface area contributed by atoms with Crippen LogP contribution in [-0.4, -0.2) is 27.2 Å². The summed E-state index contributed by atoms with van der Waals surface area (Å²) in [5.74, 6) is 2.92. The molecule has 4 rings (SSSR count). The minimum Gasteiger partial charge on any atom is -0.392 e. The van der Waals surface area contributed by atoms with Crippen LogP contribution in [0.5, 0.6) is 0 Å². The van der Waals surface area contributed by atoms with E-state index >= 15 is 0 Å². The van der Waals surface area contributed by atoms with Crippen LogP contribution in [0.3, 0.4) is 0 Å². The Balaban J connectivity index is 1.62. The van der Waals surface area contributed by atoms with Gasteiger partial charge in [-0.15, -0.1) is 0 Å². The van der Waals surface area contributed by atoms with E-state index in [9.17, 15) is 10.2 Å². The van der Waals surface area contributed by atoms with Crippen molar-refractivity contribution in [2.75, 3.05) is 5.33 Å². The molecule has 0 aromatic heterocycles. The van der Waals surface area contributed by atoms with Crippen LogP contribution in [0, 0.1) is 39.9 Å². The van der Waals surface area contributed by atoms with Crippen molar-refractivity contribution in [3.8, 4) is 0 Å². The number of hydrogen-bond donors (Lipinski definition) is 2. The van der Waals surface area contributed by atoms with E-state index in [1.165, 1.54) is 44.9 Å². The number of rotatable bonds is 2. The molecular weight excluding hydrogens is 388 g/mol. The van der Waals surface area contributed by atoms with Crippen LogP contribution in [0.4, 0.5) is 0 Å². The largest absolute Gasteiger partial charge is 0.392 e. The second-order valence-electron chi connectivity index (χ2n) is 11.5. The Bertz CT molecular complexity index is 562. The summed E-state index contributed by atoms with van der Waals surface area (Å²) >= 11 is 3.53. The summed E-state index contributed by atoms with van der Waals surface area (Å²) in [4.78, 5) is 0. The zero-order valence-electron chi connectivity index (χ0n) is 17.2. The monoisotopic (exact) mass is 426 g/mol. The quantitative estimate of drug-likeness (QED) is 0.568. The molecule has 0 aromatic rings. The maximum Gasteiger partial charge on any atom is 0.0670 e. The Morgan fingerprint density at radius 2 is 1.65 bits per heavy atom. The average molecular weight is 427 g/mol. The van der Waals surface area contributed by atoms with Gasteiger partial charge in [0.05, 0.1) is 11.7 Å². The fraction of sp³-hybridized carbons (Fsp3) is 1.00. The first-order valence-electron chi connectivity index (χ1n) is 11.0. The van der Waals surface area contributed by atoms with Crippen LogP contribution in [0.1, 0.15) is 85.5 Å². The van der Waals surface area contributed by atoms with Crippen molar-refractivity contribution in [1.82, 2.24) is 0 Å². The van der Waals surface area contributed by atoms with E-state index in [-0.39, 0.29) is 11.5 Å². The number of halogens is 1. The highest BCUT2D eigenvalue weighted by Crippen LogP contribution is 2.71. The third kappa shape index (κ3) is 2.62. The van der Waals surface area contributed by atoms with Crippen molar-refractivity contribution < 1.29 is 10.2 Å². The molecule has 4 aliphatic carbocycles. The Hall–Kier alpha value is 0.400. The maximum absolute atomic E-state index is 10.8. The van der Waals surface area contributed by atoms with Crippen molar-refractivity contribution in [3.05, 3.63) is 0 Å². The highest BCUT2D eigenvalue weighted by molar-refractivity contribution is 9.09. The average Bonchev–Trinajstić information content (AvgIpc) is 2.92. The van der Waals surface area contributed by atoms with E-state index in [4.69, 9.17) is 0 Å². The van der Waals surface area contributed by atoms with Crippen molar-refractivity contribution >= 4 is 15.9 Å². The van der Waals surface area contributed by atoms with E-state index in [1.54, 1.807) is 0 Å². The van der Waals surface area contributed by atoms with Crippen LogP contribution in [0.25, 0.3) is 0 Å². The molecule has 150 valence electrons. The second-order valence-corrected chi connectivity index (χ2v) is 12.2. The van der Waals surface area contributed by atoms with Crippen molar-refractivity contribution in [1.29, 1.82) is 0 Å². The van der Waals surface area contributed by atoms with Gasteiger partial charge in [0.1, 0.15) is 0 Å². The predicted molar refractivity (Wildman–Crippen MR) is 110 cm³/mol. The molecule has 4 aliphatic rings. The van der Waals surface area contributed by atoms with Crippen LogP contribution in [0.15, 0.2) is 0 Å². The summed E-state index contributed by atoms with van der Waals surface area (Å²) in [6, 6.07) is 0. The standard InChI is InChI=1S/C23H39BrO2/c1-20-9-7-15-16-5-6-18(19(25)13-24)22(16,3)10-8-17(15)23(20,4)12-11-21(2,26)14-20/h15-19,25-26H,5-14H2,1-4H3/t15-,16-,17-,18+,19?,20-,21+,22-,23+/m0/s1. The highest BCUT2D eigenvalue weighted by Gasteiger charge is 2.64. The first kappa shape index (κ1) is 19.7. The van der Waals surface area contributed by atoms with Crippen molar-refractivity contribution in [3.63, 3.8) is 0 Å².